The van der Waals surface area contributed by atoms with E-state index in [0.29, 0.717) is 19.3 Å². The van der Waals surface area contributed by atoms with Gasteiger partial charge in [0.25, 0.3) is 10.1 Å². The first-order valence-electron chi connectivity index (χ1n) is 16.3. The van der Waals surface area contributed by atoms with Crippen LogP contribution in [0.3, 0.4) is 0 Å². The van der Waals surface area contributed by atoms with Crippen molar-refractivity contribution in [2.45, 2.75) is 186 Å². The van der Waals surface area contributed by atoms with Crippen molar-refractivity contribution in [1.82, 2.24) is 5.32 Å². The Morgan fingerprint density at radius 2 is 0.923 bits per heavy atom. The molecule has 0 heterocycles. The lowest BCUT2D eigenvalue weighted by Gasteiger charge is -2.24. The maximum absolute atomic E-state index is 12.4. The van der Waals surface area contributed by atoms with Gasteiger partial charge in [-0.1, -0.05) is 155 Å². The van der Waals surface area contributed by atoms with Gasteiger partial charge in [-0.25, -0.2) is 0 Å². The van der Waals surface area contributed by atoms with Crippen LogP contribution in [0.5, 0.6) is 0 Å². The Bertz CT molecular complexity index is 657. The van der Waals surface area contributed by atoms with Crippen molar-refractivity contribution in [2.24, 2.45) is 0 Å². The van der Waals surface area contributed by atoms with Crippen molar-refractivity contribution >= 4 is 16.0 Å². The number of aliphatic hydroxyl groups excluding tert-OH is 2. The minimum absolute atomic E-state index is 0.300. The molecule has 8 heteroatoms. The monoisotopic (exact) mass is 577 g/mol. The molecular weight excluding hydrogens is 514 g/mol. The fourth-order valence-electron chi connectivity index (χ4n) is 5.11. The molecule has 1 amide bonds. The van der Waals surface area contributed by atoms with Gasteiger partial charge in [-0.2, -0.15) is 8.42 Å². The van der Waals surface area contributed by atoms with E-state index in [1.54, 1.807) is 0 Å². The topological polar surface area (TPSA) is 124 Å². The Balaban J connectivity index is 4.09. The Morgan fingerprint density at radius 1 is 0.590 bits per heavy atom. The number of rotatable bonds is 29. The van der Waals surface area contributed by atoms with E-state index in [2.05, 4.69) is 19.2 Å². The third-order valence-corrected chi connectivity index (χ3v) is 8.45. The molecule has 7 nitrogen and oxygen atoms in total. The highest BCUT2D eigenvalue weighted by Gasteiger charge is 2.28. The van der Waals surface area contributed by atoms with Crippen LogP contribution in [0.4, 0.5) is 0 Å². The van der Waals surface area contributed by atoms with Crippen molar-refractivity contribution in [1.29, 1.82) is 0 Å². The summed E-state index contributed by atoms with van der Waals surface area (Å²) in [6, 6.07) is -1.14. The first-order chi connectivity index (χ1) is 18.7. The standard InChI is InChI=1S/C31H63NO6S/c1-3-5-7-9-11-13-14-15-16-17-18-20-21-23-25-29(33)28(27-39(36,37)38)32-31(35)30(34)26-24-22-19-12-10-8-6-4-2/h28-30,33-34H,3-27H2,1-2H3,(H,32,35)(H,36,37,38). The zero-order chi connectivity index (χ0) is 29.2. The van der Waals surface area contributed by atoms with Crippen LogP contribution in [0.15, 0.2) is 0 Å². The summed E-state index contributed by atoms with van der Waals surface area (Å²) >= 11 is 0. The summed E-state index contributed by atoms with van der Waals surface area (Å²) in [6.07, 6.45) is 24.2. The molecule has 0 aromatic rings. The zero-order valence-corrected chi connectivity index (χ0v) is 26.2. The van der Waals surface area contributed by atoms with Crippen LogP contribution in [0.1, 0.15) is 168 Å². The van der Waals surface area contributed by atoms with Gasteiger partial charge >= 0.3 is 0 Å². The van der Waals surface area contributed by atoms with Crippen LogP contribution >= 0.6 is 0 Å². The molecule has 0 aliphatic heterocycles. The summed E-state index contributed by atoms with van der Waals surface area (Å²) in [5.41, 5.74) is 0. The molecule has 0 saturated heterocycles. The van der Waals surface area contributed by atoms with E-state index in [1.165, 1.54) is 89.9 Å². The summed E-state index contributed by atoms with van der Waals surface area (Å²) in [5, 5.41) is 23.2. The summed E-state index contributed by atoms with van der Waals surface area (Å²) in [4.78, 5) is 12.4. The van der Waals surface area contributed by atoms with Crippen molar-refractivity contribution in [3.8, 4) is 0 Å². The van der Waals surface area contributed by atoms with Crippen LogP contribution in [0.25, 0.3) is 0 Å². The average Bonchev–Trinajstić information content (AvgIpc) is 2.88. The molecule has 3 unspecified atom stereocenters. The Hall–Kier alpha value is -0.700. The smallest absolute Gasteiger partial charge is 0.266 e. The Kier molecular flexibility index (Phi) is 25.7. The average molecular weight is 578 g/mol. The third-order valence-electron chi connectivity index (χ3n) is 7.67. The lowest BCUT2D eigenvalue weighted by Crippen LogP contribution is -2.50. The molecule has 0 fully saturated rings. The number of hydrogen-bond acceptors (Lipinski definition) is 5. The van der Waals surface area contributed by atoms with Gasteiger partial charge in [0.05, 0.1) is 17.9 Å². The van der Waals surface area contributed by atoms with E-state index in [9.17, 15) is 28.0 Å². The number of carbonyl (C=O) groups excluding carboxylic acids is 1. The van der Waals surface area contributed by atoms with E-state index in [1.807, 2.05) is 0 Å². The second-order valence-corrected chi connectivity index (χ2v) is 13.1. The van der Waals surface area contributed by atoms with Gasteiger partial charge in [-0.05, 0) is 12.8 Å². The van der Waals surface area contributed by atoms with Gasteiger partial charge in [-0.15, -0.1) is 0 Å². The predicted molar refractivity (Wildman–Crippen MR) is 163 cm³/mol. The molecule has 39 heavy (non-hydrogen) atoms. The molecule has 234 valence electrons. The van der Waals surface area contributed by atoms with Gasteiger partial charge in [0.1, 0.15) is 6.10 Å². The van der Waals surface area contributed by atoms with Gasteiger partial charge in [0, 0.05) is 0 Å². The normalized spacial score (nSPS) is 14.3. The number of nitrogens with one attached hydrogen (secondary N) is 1. The van der Waals surface area contributed by atoms with E-state index >= 15 is 0 Å². The lowest BCUT2D eigenvalue weighted by atomic mass is 10.0. The SMILES string of the molecule is CCCCCCCCCCCCCCCCC(O)C(CS(=O)(=O)O)NC(=O)C(O)CCCCCCCCCC. The quantitative estimate of drug-likeness (QED) is 0.0539. The van der Waals surface area contributed by atoms with E-state index in [0.717, 1.165) is 44.9 Å². The number of unbranched alkanes of at least 4 members (excludes halogenated alkanes) is 20. The number of carbonyl (C=O) groups is 1. The van der Waals surface area contributed by atoms with Gasteiger partial charge in [0.2, 0.25) is 5.91 Å². The fourth-order valence-corrected chi connectivity index (χ4v) is 5.87. The molecule has 0 aliphatic carbocycles. The van der Waals surface area contributed by atoms with E-state index in [4.69, 9.17) is 0 Å². The molecule has 0 radical (unpaired) electrons. The van der Waals surface area contributed by atoms with Crippen LogP contribution in [-0.4, -0.2) is 53.1 Å². The largest absolute Gasteiger partial charge is 0.391 e. The van der Waals surface area contributed by atoms with Crippen LogP contribution in [0, 0.1) is 0 Å². The second kappa shape index (κ2) is 26.2. The first kappa shape index (κ1) is 38.3. The van der Waals surface area contributed by atoms with Crippen LogP contribution < -0.4 is 5.32 Å². The van der Waals surface area contributed by atoms with Crippen LogP contribution in [-0.2, 0) is 14.9 Å². The highest BCUT2D eigenvalue weighted by molar-refractivity contribution is 7.85. The summed E-state index contributed by atoms with van der Waals surface area (Å²) in [5.74, 6) is -1.45. The Labute approximate surface area is 241 Å². The van der Waals surface area contributed by atoms with Gasteiger partial charge in [-0.3, -0.25) is 9.35 Å². The molecule has 0 spiro atoms. The van der Waals surface area contributed by atoms with E-state index in [-0.39, 0.29) is 0 Å². The highest BCUT2D eigenvalue weighted by atomic mass is 32.2. The minimum Gasteiger partial charge on any atom is -0.391 e. The maximum Gasteiger partial charge on any atom is 0.266 e. The van der Waals surface area contributed by atoms with Crippen molar-refractivity contribution in [3.63, 3.8) is 0 Å². The minimum atomic E-state index is -4.39. The molecule has 0 aromatic heterocycles. The van der Waals surface area contributed by atoms with Gasteiger partial charge < -0.3 is 15.5 Å². The molecular formula is C31H63NO6S. The predicted octanol–water partition coefficient (Wildman–Crippen LogP) is 7.48. The number of aliphatic hydroxyl groups is 2. The fraction of sp³-hybridized carbons (Fsp3) is 0.968. The lowest BCUT2D eigenvalue weighted by molar-refractivity contribution is -0.131. The number of amides is 1. The van der Waals surface area contributed by atoms with Crippen molar-refractivity contribution in [2.75, 3.05) is 5.75 Å². The summed E-state index contributed by atoms with van der Waals surface area (Å²) in [6.45, 7) is 4.43. The maximum atomic E-state index is 12.4. The summed E-state index contributed by atoms with van der Waals surface area (Å²) in [7, 11) is -4.39. The van der Waals surface area contributed by atoms with Crippen molar-refractivity contribution < 1.29 is 28.0 Å². The van der Waals surface area contributed by atoms with Crippen molar-refractivity contribution in [3.05, 3.63) is 0 Å². The molecule has 0 saturated carbocycles. The molecule has 0 rings (SSSR count). The van der Waals surface area contributed by atoms with Crippen LogP contribution in [0.2, 0.25) is 0 Å². The molecule has 3 atom stereocenters. The highest BCUT2D eigenvalue weighted by Crippen LogP contribution is 2.15. The van der Waals surface area contributed by atoms with E-state index < -0.39 is 40.0 Å². The molecule has 0 aliphatic rings. The molecule has 4 N–H and O–H groups in total. The summed E-state index contributed by atoms with van der Waals surface area (Å²) < 4.78 is 32.2. The second-order valence-electron chi connectivity index (χ2n) is 11.6. The first-order valence-corrected chi connectivity index (χ1v) is 17.9. The number of hydrogen-bond donors (Lipinski definition) is 4. The third kappa shape index (κ3) is 26.0. The Morgan fingerprint density at radius 3 is 1.28 bits per heavy atom. The van der Waals surface area contributed by atoms with Gasteiger partial charge in [0.15, 0.2) is 0 Å². The zero-order valence-electron chi connectivity index (χ0n) is 25.4. The molecule has 0 aromatic carbocycles. The molecule has 0 bridgehead atoms.